The van der Waals surface area contributed by atoms with Crippen molar-refractivity contribution in [3.63, 3.8) is 0 Å². The summed E-state index contributed by atoms with van der Waals surface area (Å²) in [6.07, 6.45) is 16.4. The predicted molar refractivity (Wildman–Crippen MR) is 127 cm³/mol. The molecule has 1 saturated heterocycles. The molecule has 2 fully saturated rings. The van der Waals surface area contributed by atoms with E-state index >= 15 is 0 Å². The first-order chi connectivity index (χ1) is 14.7. The molecule has 168 valence electrons. The minimum absolute atomic E-state index is 0.191. The van der Waals surface area contributed by atoms with Crippen LogP contribution in [-0.2, 0) is 9.47 Å². The van der Waals surface area contributed by atoms with Crippen LogP contribution in [0.2, 0.25) is 0 Å². The van der Waals surface area contributed by atoms with Crippen LogP contribution >= 0.6 is 0 Å². The highest BCUT2D eigenvalue weighted by Gasteiger charge is 2.28. The first-order valence-corrected chi connectivity index (χ1v) is 12.7. The van der Waals surface area contributed by atoms with Crippen LogP contribution in [0.4, 0.5) is 0 Å². The number of hydrogen-bond acceptors (Lipinski definition) is 2. The van der Waals surface area contributed by atoms with Gasteiger partial charge in [-0.3, -0.25) is 0 Å². The third kappa shape index (κ3) is 6.69. The maximum absolute atomic E-state index is 6.07. The fourth-order valence-corrected chi connectivity index (χ4v) is 5.55. The van der Waals surface area contributed by atoms with Gasteiger partial charge in [-0.25, -0.2) is 0 Å². The van der Waals surface area contributed by atoms with Gasteiger partial charge in [-0.1, -0.05) is 89.1 Å². The normalized spacial score (nSPS) is 28.2. The van der Waals surface area contributed by atoms with Crippen LogP contribution in [-0.4, -0.2) is 13.2 Å². The Kier molecular flexibility index (Phi) is 9.94. The molecular weight excluding hydrogens is 368 g/mol. The zero-order chi connectivity index (χ0) is 21.2. The molecular formula is C28H44O2. The van der Waals surface area contributed by atoms with E-state index in [0.29, 0.717) is 11.8 Å². The van der Waals surface area contributed by atoms with Crippen molar-refractivity contribution >= 4 is 0 Å². The molecule has 1 aromatic carbocycles. The second-order valence-electron chi connectivity index (χ2n) is 9.73. The lowest BCUT2D eigenvalue weighted by molar-refractivity contribution is -0.206. The molecule has 2 aliphatic rings. The summed E-state index contributed by atoms with van der Waals surface area (Å²) in [4.78, 5) is 0. The fraction of sp³-hybridized carbons (Fsp3) is 0.714. The van der Waals surface area contributed by atoms with Crippen molar-refractivity contribution in [2.24, 2.45) is 17.8 Å². The topological polar surface area (TPSA) is 18.5 Å². The molecule has 1 aliphatic heterocycles. The number of benzene rings is 1. The van der Waals surface area contributed by atoms with Gasteiger partial charge in [-0.15, -0.1) is 6.58 Å². The summed E-state index contributed by atoms with van der Waals surface area (Å²) in [7, 11) is 0. The number of allylic oxidation sites excluding steroid dienone is 1. The summed E-state index contributed by atoms with van der Waals surface area (Å²) < 4.78 is 12.1. The third-order valence-electron chi connectivity index (χ3n) is 7.40. The van der Waals surface area contributed by atoms with Gasteiger partial charge < -0.3 is 9.47 Å². The minimum Gasteiger partial charge on any atom is -0.348 e. The first kappa shape index (κ1) is 23.5. The average molecular weight is 413 g/mol. The maximum Gasteiger partial charge on any atom is 0.183 e. The summed E-state index contributed by atoms with van der Waals surface area (Å²) in [6, 6.07) is 9.11. The fourth-order valence-electron chi connectivity index (χ4n) is 5.55. The van der Waals surface area contributed by atoms with Crippen LogP contribution in [0.25, 0.3) is 0 Å². The molecule has 0 bridgehead atoms. The van der Waals surface area contributed by atoms with Crippen LogP contribution < -0.4 is 0 Å². The summed E-state index contributed by atoms with van der Waals surface area (Å²) in [6.45, 7) is 10.3. The SMILES string of the molecule is C=CCC(c1ccc(C2OCC(CCCCC)CO2)cc1)C1CCC(CCC)CC1. The zero-order valence-electron chi connectivity index (χ0n) is 19.5. The van der Waals surface area contributed by atoms with Crippen LogP contribution in [0.3, 0.4) is 0 Å². The molecule has 1 saturated carbocycles. The monoisotopic (exact) mass is 412 g/mol. The standard InChI is InChI=1S/C28H44O2/c1-4-7-8-11-23-20-29-28(30-21-23)26-18-16-25(17-19-26)27(10-6-3)24-14-12-22(9-5-2)13-15-24/h6,16-19,22-24,27-28H,3-5,7-15,20-21H2,1-2H3. The lowest BCUT2D eigenvalue weighted by Gasteiger charge is -2.34. The van der Waals surface area contributed by atoms with Crippen molar-refractivity contribution in [2.45, 2.75) is 96.7 Å². The van der Waals surface area contributed by atoms with Gasteiger partial charge in [0.05, 0.1) is 13.2 Å². The van der Waals surface area contributed by atoms with Gasteiger partial charge in [0, 0.05) is 11.5 Å². The smallest absolute Gasteiger partial charge is 0.183 e. The number of rotatable bonds is 11. The van der Waals surface area contributed by atoms with Crippen molar-refractivity contribution < 1.29 is 9.47 Å². The van der Waals surface area contributed by atoms with Crippen molar-refractivity contribution in [3.05, 3.63) is 48.0 Å². The highest BCUT2D eigenvalue weighted by Crippen LogP contribution is 2.41. The molecule has 0 N–H and O–H groups in total. The molecule has 1 atom stereocenters. The van der Waals surface area contributed by atoms with Gasteiger partial charge in [-0.2, -0.15) is 0 Å². The van der Waals surface area contributed by atoms with Crippen molar-refractivity contribution in [3.8, 4) is 0 Å². The summed E-state index contributed by atoms with van der Waals surface area (Å²) in [5.41, 5.74) is 2.63. The Morgan fingerprint density at radius 1 is 0.900 bits per heavy atom. The summed E-state index contributed by atoms with van der Waals surface area (Å²) in [5, 5.41) is 0. The van der Waals surface area contributed by atoms with E-state index in [-0.39, 0.29) is 6.29 Å². The summed E-state index contributed by atoms with van der Waals surface area (Å²) >= 11 is 0. The number of ether oxygens (including phenoxy) is 2. The van der Waals surface area contributed by atoms with Crippen LogP contribution in [0.5, 0.6) is 0 Å². The Labute approximate surface area is 185 Å². The van der Waals surface area contributed by atoms with Gasteiger partial charge >= 0.3 is 0 Å². The Balaban J connectivity index is 1.54. The number of hydrogen-bond donors (Lipinski definition) is 0. The molecule has 0 amide bonds. The molecule has 1 aromatic rings. The molecule has 1 aliphatic carbocycles. The predicted octanol–water partition coefficient (Wildman–Crippen LogP) is 8.19. The largest absolute Gasteiger partial charge is 0.348 e. The molecule has 2 heteroatoms. The Bertz CT molecular complexity index is 592. The molecule has 1 heterocycles. The first-order valence-electron chi connectivity index (χ1n) is 12.7. The highest BCUT2D eigenvalue weighted by atomic mass is 16.7. The molecule has 1 unspecified atom stereocenters. The van der Waals surface area contributed by atoms with Crippen molar-refractivity contribution in [1.29, 1.82) is 0 Å². The summed E-state index contributed by atoms with van der Waals surface area (Å²) in [5.74, 6) is 2.93. The quantitative estimate of drug-likeness (QED) is 0.269. The Morgan fingerprint density at radius 3 is 2.20 bits per heavy atom. The average Bonchev–Trinajstić information content (AvgIpc) is 2.79. The Hall–Kier alpha value is -1.12. The highest BCUT2D eigenvalue weighted by molar-refractivity contribution is 5.27. The second-order valence-corrected chi connectivity index (χ2v) is 9.73. The molecule has 2 nitrogen and oxygen atoms in total. The minimum atomic E-state index is -0.191. The van der Waals surface area contributed by atoms with E-state index in [9.17, 15) is 0 Å². The van der Waals surface area contributed by atoms with E-state index in [0.717, 1.165) is 37.0 Å². The molecule has 3 rings (SSSR count). The molecule has 0 spiro atoms. The zero-order valence-corrected chi connectivity index (χ0v) is 19.5. The van der Waals surface area contributed by atoms with Gasteiger partial charge in [0.25, 0.3) is 0 Å². The van der Waals surface area contributed by atoms with Crippen molar-refractivity contribution in [1.82, 2.24) is 0 Å². The van der Waals surface area contributed by atoms with E-state index in [4.69, 9.17) is 9.47 Å². The van der Waals surface area contributed by atoms with Gasteiger partial charge in [-0.05, 0) is 49.0 Å². The van der Waals surface area contributed by atoms with Crippen molar-refractivity contribution in [2.75, 3.05) is 13.2 Å². The lowest BCUT2D eigenvalue weighted by Crippen LogP contribution is -2.27. The second kappa shape index (κ2) is 12.7. The molecule has 0 aromatic heterocycles. The lowest BCUT2D eigenvalue weighted by atomic mass is 9.71. The van der Waals surface area contributed by atoms with E-state index in [1.54, 1.807) is 0 Å². The van der Waals surface area contributed by atoms with E-state index in [1.807, 2.05) is 0 Å². The van der Waals surface area contributed by atoms with E-state index in [1.165, 1.54) is 69.8 Å². The number of unbranched alkanes of at least 4 members (excludes halogenated alkanes) is 2. The maximum atomic E-state index is 6.07. The molecule has 0 radical (unpaired) electrons. The van der Waals surface area contributed by atoms with Crippen LogP contribution in [0.1, 0.15) is 108 Å². The Morgan fingerprint density at radius 2 is 1.60 bits per heavy atom. The van der Waals surface area contributed by atoms with E-state index < -0.39 is 0 Å². The molecule has 30 heavy (non-hydrogen) atoms. The van der Waals surface area contributed by atoms with Gasteiger partial charge in [0.2, 0.25) is 0 Å². The van der Waals surface area contributed by atoms with Gasteiger partial charge in [0.1, 0.15) is 0 Å². The third-order valence-corrected chi connectivity index (χ3v) is 7.40. The van der Waals surface area contributed by atoms with Crippen LogP contribution in [0, 0.1) is 17.8 Å². The van der Waals surface area contributed by atoms with E-state index in [2.05, 4.69) is 50.8 Å². The van der Waals surface area contributed by atoms with Gasteiger partial charge in [0.15, 0.2) is 6.29 Å². The van der Waals surface area contributed by atoms with Crippen LogP contribution in [0.15, 0.2) is 36.9 Å².